The maximum atomic E-state index is 14.0. The van der Waals surface area contributed by atoms with Gasteiger partial charge in [-0.1, -0.05) is 0 Å². The Kier molecular flexibility index (Phi) is 3.33. The molecule has 0 heterocycles. The average Bonchev–Trinajstić information content (AvgIpc) is 3.25. The zero-order chi connectivity index (χ0) is 15.0. The average molecular weight is 289 g/mol. The Morgan fingerprint density at radius 2 is 1.67 bits per heavy atom. The minimum Gasteiger partial charge on any atom is -0.508 e. The van der Waals surface area contributed by atoms with Crippen LogP contribution in [0.25, 0.3) is 0 Å². The Balaban J connectivity index is 1.85. The van der Waals surface area contributed by atoms with Crippen LogP contribution in [0.15, 0.2) is 36.4 Å². The number of rotatable bonds is 3. The highest BCUT2D eigenvalue weighted by Gasteiger charge is 2.27. The maximum Gasteiger partial charge on any atom is 0.261 e. The van der Waals surface area contributed by atoms with Crippen LogP contribution >= 0.6 is 0 Å². The van der Waals surface area contributed by atoms with Crippen molar-refractivity contribution >= 4 is 11.6 Å². The lowest BCUT2D eigenvalue weighted by molar-refractivity contribution is 0.101. The molecular formula is C16H13F2NO2. The third-order valence-electron chi connectivity index (χ3n) is 3.47. The number of phenols is 1. The van der Waals surface area contributed by atoms with Crippen LogP contribution in [0, 0.1) is 11.6 Å². The van der Waals surface area contributed by atoms with E-state index in [1.54, 1.807) is 0 Å². The number of aromatic hydroxyl groups is 1. The fourth-order valence-electron chi connectivity index (χ4n) is 2.20. The molecule has 1 saturated carbocycles. The van der Waals surface area contributed by atoms with Gasteiger partial charge < -0.3 is 10.4 Å². The number of carbonyl (C=O) groups is 1. The fraction of sp³-hybridized carbons (Fsp3) is 0.188. The smallest absolute Gasteiger partial charge is 0.261 e. The zero-order valence-electron chi connectivity index (χ0n) is 11.1. The van der Waals surface area contributed by atoms with E-state index in [0.29, 0.717) is 11.3 Å². The number of amides is 1. The number of carbonyl (C=O) groups excluding carboxylic acids is 1. The van der Waals surface area contributed by atoms with Gasteiger partial charge in [0.05, 0.1) is 0 Å². The van der Waals surface area contributed by atoms with Crippen LogP contribution in [0.5, 0.6) is 5.75 Å². The summed E-state index contributed by atoms with van der Waals surface area (Å²) in [6.07, 6.45) is 1.86. The minimum atomic E-state index is -0.854. The van der Waals surface area contributed by atoms with E-state index in [1.807, 2.05) is 0 Å². The van der Waals surface area contributed by atoms with Crippen LogP contribution in [-0.2, 0) is 0 Å². The number of hydrogen-bond donors (Lipinski definition) is 2. The molecule has 2 aromatic carbocycles. The van der Waals surface area contributed by atoms with Crippen molar-refractivity contribution in [2.45, 2.75) is 18.8 Å². The second kappa shape index (κ2) is 5.16. The number of anilines is 1. The van der Waals surface area contributed by atoms with E-state index in [9.17, 15) is 13.6 Å². The molecule has 2 aromatic rings. The molecule has 1 aliphatic carbocycles. The molecule has 21 heavy (non-hydrogen) atoms. The number of phenolic OH excluding ortho intramolecular Hbond substituents is 1. The molecule has 0 radical (unpaired) electrons. The Morgan fingerprint density at radius 1 is 1.10 bits per heavy atom. The summed E-state index contributed by atoms with van der Waals surface area (Å²) in [7, 11) is 0. The normalized spacial score (nSPS) is 14.0. The molecule has 0 spiro atoms. The molecule has 0 aliphatic heterocycles. The highest BCUT2D eigenvalue weighted by molar-refractivity contribution is 6.04. The van der Waals surface area contributed by atoms with Crippen molar-refractivity contribution in [1.82, 2.24) is 0 Å². The van der Waals surface area contributed by atoms with E-state index >= 15 is 0 Å². The summed E-state index contributed by atoms with van der Waals surface area (Å²) in [5.41, 5.74) is 0.363. The second-order valence-corrected chi connectivity index (χ2v) is 5.13. The van der Waals surface area contributed by atoms with E-state index in [-0.39, 0.29) is 11.7 Å². The monoisotopic (exact) mass is 289 g/mol. The summed E-state index contributed by atoms with van der Waals surface area (Å²) >= 11 is 0. The number of halogens is 2. The summed E-state index contributed by atoms with van der Waals surface area (Å²) in [6, 6.07) is 8.10. The van der Waals surface area contributed by atoms with Gasteiger partial charge in [0, 0.05) is 5.69 Å². The van der Waals surface area contributed by atoms with Crippen LogP contribution in [0.3, 0.4) is 0 Å². The third-order valence-corrected chi connectivity index (χ3v) is 3.47. The molecule has 1 amide bonds. The molecule has 5 heteroatoms. The van der Waals surface area contributed by atoms with Crippen LogP contribution in [0.2, 0.25) is 0 Å². The summed E-state index contributed by atoms with van der Waals surface area (Å²) < 4.78 is 28.0. The van der Waals surface area contributed by atoms with Crippen molar-refractivity contribution in [2.75, 3.05) is 5.32 Å². The molecule has 2 N–H and O–H groups in total. The van der Waals surface area contributed by atoms with Gasteiger partial charge in [0.1, 0.15) is 22.9 Å². The van der Waals surface area contributed by atoms with Crippen molar-refractivity contribution in [2.24, 2.45) is 0 Å². The first kappa shape index (κ1) is 13.5. The highest BCUT2D eigenvalue weighted by atomic mass is 19.1. The lowest BCUT2D eigenvalue weighted by Crippen LogP contribution is -2.16. The quantitative estimate of drug-likeness (QED) is 0.844. The lowest BCUT2D eigenvalue weighted by atomic mass is 10.1. The van der Waals surface area contributed by atoms with E-state index < -0.39 is 23.1 Å². The van der Waals surface area contributed by atoms with E-state index in [2.05, 4.69) is 5.32 Å². The maximum absolute atomic E-state index is 14.0. The van der Waals surface area contributed by atoms with Crippen molar-refractivity contribution in [3.63, 3.8) is 0 Å². The molecule has 0 atom stereocenters. The Hall–Kier alpha value is -2.43. The van der Waals surface area contributed by atoms with Gasteiger partial charge in [-0.3, -0.25) is 4.79 Å². The van der Waals surface area contributed by atoms with Gasteiger partial charge in [-0.2, -0.15) is 0 Å². The fourth-order valence-corrected chi connectivity index (χ4v) is 2.20. The van der Waals surface area contributed by atoms with Gasteiger partial charge in [-0.15, -0.1) is 0 Å². The second-order valence-electron chi connectivity index (χ2n) is 5.13. The molecule has 0 unspecified atom stereocenters. The topological polar surface area (TPSA) is 49.3 Å². The Labute approximate surface area is 120 Å². The molecule has 0 aromatic heterocycles. The van der Waals surface area contributed by atoms with Gasteiger partial charge in [0.15, 0.2) is 0 Å². The van der Waals surface area contributed by atoms with E-state index in [4.69, 9.17) is 5.11 Å². The molecular weight excluding hydrogens is 276 g/mol. The first-order valence-electron chi connectivity index (χ1n) is 6.64. The highest BCUT2D eigenvalue weighted by Crippen LogP contribution is 2.40. The molecule has 0 bridgehead atoms. The van der Waals surface area contributed by atoms with Gasteiger partial charge in [-0.05, 0) is 60.7 Å². The minimum absolute atomic E-state index is 0.0409. The van der Waals surface area contributed by atoms with E-state index in [0.717, 1.165) is 12.8 Å². The van der Waals surface area contributed by atoms with E-state index in [1.165, 1.54) is 36.4 Å². The van der Waals surface area contributed by atoms with Crippen molar-refractivity contribution in [3.05, 3.63) is 59.2 Å². The Morgan fingerprint density at radius 3 is 2.19 bits per heavy atom. The molecule has 1 aliphatic rings. The van der Waals surface area contributed by atoms with Crippen LogP contribution in [0.4, 0.5) is 14.5 Å². The molecule has 3 rings (SSSR count). The molecule has 0 saturated heterocycles. The van der Waals surface area contributed by atoms with Crippen molar-refractivity contribution in [1.29, 1.82) is 0 Å². The van der Waals surface area contributed by atoms with Crippen molar-refractivity contribution < 1.29 is 18.7 Å². The van der Waals surface area contributed by atoms with Crippen LogP contribution < -0.4 is 5.32 Å². The molecule has 3 nitrogen and oxygen atoms in total. The summed E-state index contributed by atoms with van der Waals surface area (Å²) in [5, 5.41) is 11.6. The lowest BCUT2D eigenvalue weighted by Gasteiger charge is -2.09. The van der Waals surface area contributed by atoms with Gasteiger partial charge >= 0.3 is 0 Å². The molecule has 108 valence electrons. The predicted octanol–water partition coefficient (Wildman–Crippen LogP) is 3.80. The zero-order valence-corrected chi connectivity index (χ0v) is 11.1. The summed E-state index contributed by atoms with van der Waals surface area (Å²) in [5.74, 6) is -2.30. The van der Waals surface area contributed by atoms with Crippen LogP contribution in [0.1, 0.15) is 34.7 Å². The molecule has 1 fully saturated rings. The number of hydrogen-bond acceptors (Lipinski definition) is 2. The largest absolute Gasteiger partial charge is 0.508 e. The summed E-state index contributed by atoms with van der Waals surface area (Å²) in [6.45, 7) is 0. The first-order valence-corrected chi connectivity index (χ1v) is 6.64. The van der Waals surface area contributed by atoms with Gasteiger partial charge in [0.25, 0.3) is 5.91 Å². The number of benzene rings is 2. The predicted molar refractivity (Wildman–Crippen MR) is 74.4 cm³/mol. The van der Waals surface area contributed by atoms with Crippen LogP contribution in [-0.4, -0.2) is 11.0 Å². The van der Waals surface area contributed by atoms with Crippen molar-refractivity contribution in [3.8, 4) is 5.75 Å². The standard InChI is InChI=1S/C16H13F2NO2/c17-13-7-10(9-1-2-9)8-14(18)15(13)16(21)19-11-3-5-12(20)6-4-11/h3-9,20H,1-2H2,(H,19,21). The third kappa shape index (κ3) is 2.86. The number of nitrogens with one attached hydrogen (secondary N) is 1. The van der Waals surface area contributed by atoms with Gasteiger partial charge in [0.2, 0.25) is 0 Å². The summed E-state index contributed by atoms with van der Waals surface area (Å²) in [4.78, 5) is 12.0. The van der Waals surface area contributed by atoms with Gasteiger partial charge in [-0.25, -0.2) is 8.78 Å². The first-order chi connectivity index (χ1) is 10.0. The SMILES string of the molecule is O=C(Nc1ccc(O)cc1)c1c(F)cc(C2CC2)cc1F. The Bertz CT molecular complexity index is 671.